The number of halogens is 1. The molecule has 0 radical (unpaired) electrons. The molecule has 1 aliphatic rings. The summed E-state index contributed by atoms with van der Waals surface area (Å²) in [5, 5.41) is 3.38. The van der Waals surface area contributed by atoms with Crippen molar-refractivity contribution in [1.82, 2.24) is 0 Å². The van der Waals surface area contributed by atoms with Gasteiger partial charge >= 0.3 is 5.97 Å². The second-order valence-corrected chi connectivity index (χ2v) is 4.50. The van der Waals surface area contributed by atoms with Crippen LogP contribution in [0, 0.1) is 0 Å². The molecule has 0 spiro atoms. The molecule has 3 N–H and O–H groups in total. The van der Waals surface area contributed by atoms with Crippen molar-refractivity contribution in [2.45, 2.75) is 6.92 Å². The van der Waals surface area contributed by atoms with E-state index in [1.807, 2.05) is 0 Å². The van der Waals surface area contributed by atoms with Gasteiger partial charge in [-0.05, 0) is 25.1 Å². The first-order valence-corrected chi connectivity index (χ1v) is 6.27. The van der Waals surface area contributed by atoms with Crippen LogP contribution >= 0.6 is 23.8 Å². The van der Waals surface area contributed by atoms with Crippen LogP contribution in [0.15, 0.2) is 29.7 Å². The summed E-state index contributed by atoms with van der Waals surface area (Å²) >= 11 is 11.0. The molecule has 0 atom stereocenters. The van der Waals surface area contributed by atoms with Gasteiger partial charge in [0.1, 0.15) is 4.99 Å². The zero-order valence-corrected chi connectivity index (χ0v) is 11.6. The Hall–Kier alpha value is -1.79. The third-order valence-electron chi connectivity index (χ3n) is 2.36. The number of anilines is 1. The minimum absolute atomic E-state index is 0.00386. The van der Waals surface area contributed by atoms with E-state index in [1.54, 1.807) is 25.1 Å². The Morgan fingerprint density at radius 2 is 2.32 bits per heavy atom. The summed E-state index contributed by atoms with van der Waals surface area (Å²) in [6.45, 7) is 1.91. The number of rotatable bonds is 2. The van der Waals surface area contributed by atoms with Crippen LogP contribution in [0.3, 0.4) is 0 Å². The summed E-state index contributed by atoms with van der Waals surface area (Å²) in [6, 6.07) is 4.91. The number of hydrogen-bond acceptors (Lipinski definition) is 5. The molecule has 0 saturated carbocycles. The van der Waals surface area contributed by atoms with E-state index in [1.165, 1.54) is 0 Å². The van der Waals surface area contributed by atoms with Gasteiger partial charge in [-0.1, -0.05) is 23.8 Å². The standard InChI is InChI=1S/C12H11ClN2O3S/c1-2-17-12(16)9-10(14)18-8-4-3-6(13)5-7(8)15-11(9)19/h3-5H,2,14H2,1H3,(H,15,19). The van der Waals surface area contributed by atoms with Crippen molar-refractivity contribution in [2.24, 2.45) is 5.73 Å². The van der Waals surface area contributed by atoms with Crippen molar-refractivity contribution < 1.29 is 14.3 Å². The van der Waals surface area contributed by atoms with Gasteiger partial charge in [-0.15, -0.1) is 0 Å². The van der Waals surface area contributed by atoms with E-state index in [0.717, 1.165) is 0 Å². The lowest BCUT2D eigenvalue weighted by Gasteiger charge is -2.08. The summed E-state index contributed by atoms with van der Waals surface area (Å²) < 4.78 is 10.3. The second-order valence-electron chi connectivity index (χ2n) is 3.66. The Bertz CT molecular complexity index is 586. The lowest BCUT2D eigenvalue weighted by Crippen LogP contribution is -2.24. The number of carbonyl (C=O) groups excluding carboxylic acids is 1. The van der Waals surface area contributed by atoms with Crippen molar-refractivity contribution in [3.05, 3.63) is 34.7 Å². The van der Waals surface area contributed by atoms with Gasteiger partial charge in [-0.2, -0.15) is 0 Å². The molecule has 7 heteroatoms. The molecule has 100 valence electrons. The van der Waals surface area contributed by atoms with Crippen molar-refractivity contribution in [2.75, 3.05) is 11.9 Å². The highest BCUT2D eigenvalue weighted by atomic mass is 35.5. The Morgan fingerprint density at radius 3 is 3.00 bits per heavy atom. The lowest BCUT2D eigenvalue weighted by atomic mass is 10.2. The zero-order chi connectivity index (χ0) is 14.0. The number of hydrogen-bond donors (Lipinski definition) is 2. The van der Waals surface area contributed by atoms with Crippen LogP contribution in [0.4, 0.5) is 5.69 Å². The maximum atomic E-state index is 11.8. The van der Waals surface area contributed by atoms with E-state index in [-0.39, 0.29) is 23.1 Å². The first kappa shape index (κ1) is 13.6. The maximum absolute atomic E-state index is 11.8. The number of carbonyl (C=O) groups is 1. The highest BCUT2D eigenvalue weighted by molar-refractivity contribution is 7.81. The molecule has 1 heterocycles. The minimum atomic E-state index is -0.628. The highest BCUT2D eigenvalue weighted by Gasteiger charge is 2.26. The van der Waals surface area contributed by atoms with Gasteiger partial charge in [0.25, 0.3) is 0 Å². The van der Waals surface area contributed by atoms with Crippen LogP contribution in [0.25, 0.3) is 0 Å². The summed E-state index contributed by atoms with van der Waals surface area (Å²) in [6.07, 6.45) is 0. The molecule has 0 aromatic heterocycles. The summed E-state index contributed by atoms with van der Waals surface area (Å²) in [5.74, 6) is -0.294. The summed E-state index contributed by atoms with van der Waals surface area (Å²) in [5.41, 5.74) is 6.29. The zero-order valence-electron chi connectivity index (χ0n) is 10.0. The number of benzene rings is 1. The molecule has 1 aromatic carbocycles. The maximum Gasteiger partial charge on any atom is 0.346 e. The van der Waals surface area contributed by atoms with E-state index in [2.05, 4.69) is 5.32 Å². The topological polar surface area (TPSA) is 73.6 Å². The third kappa shape index (κ3) is 2.80. The lowest BCUT2D eigenvalue weighted by molar-refractivity contribution is -0.138. The molecule has 0 saturated heterocycles. The van der Waals surface area contributed by atoms with Crippen molar-refractivity contribution in [1.29, 1.82) is 0 Å². The fraction of sp³-hybridized carbons (Fsp3) is 0.167. The second kappa shape index (κ2) is 5.46. The van der Waals surface area contributed by atoms with Gasteiger partial charge in [0.15, 0.2) is 11.3 Å². The Morgan fingerprint density at radius 1 is 1.58 bits per heavy atom. The number of fused-ring (bicyclic) bond motifs is 1. The highest BCUT2D eigenvalue weighted by Crippen LogP contribution is 2.32. The smallest absolute Gasteiger partial charge is 0.346 e. The first-order valence-electron chi connectivity index (χ1n) is 5.48. The monoisotopic (exact) mass is 298 g/mol. The van der Waals surface area contributed by atoms with E-state index < -0.39 is 5.97 Å². The molecule has 19 heavy (non-hydrogen) atoms. The number of ether oxygens (including phenoxy) is 2. The number of nitrogens with one attached hydrogen (secondary N) is 1. The van der Waals surface area contributed by atoms with Crippen molar-refractivity contribution >= 4 is 40.5 Å². The number of thiocarbonyl (C=S) groups is 1. The van der Waals surface area contributed by atoms with Crippen molar-refractivity contribution in [3.8, 4) is 5.75 Å². The average Bonchev–Trinajstić information content (AvgIpc) is 2.44. The molecule has 5 nitrogen and oxygen atoms in total. The fourth-order valence-electron chi connectivity index (χ4n) is 1.55. The van der Waals surface area contributed by atoms with E-state index in [4.69, 9.17) is 39.0 Å². The molecule has 0 amide bonds. The molecule has 2 rings (SSSR count). The van der Waals surface area contributed by atoms with Crippen LogP contribution in [0.5, 0.6) is 5.75 Å². The van der Waals surface area contributed by atoms with Crippen LogP contribution in [0.1, 0.15) is 6.92 Å². The Balaban J connectivity index is 2.41. The van der Waals surface area contributed by atoms with Crippen LogP contribution in [0.2, 0.25) is 5.02 Å². The van der Waals surface area contributed by atoms with Gasteiger partial charge in [-0.3, -0.25) is 0 Å². The molecule has 0 unspecified atom stereocenters. The Kier molecular flexibility index (Phi) is 3.92. The molecule has 1 aliphatic heterocycles. The molecule has 0 aliphatic carbocycles. The van der Waals surface area contributed by atoms with Gasteiger partial charge in [0.2, 0.25) is 5.88 Å². The largest absolute Gasteiger partial charge is 0.462 e. The van der Waals surface area contributed by atoms with Gasteiger partial charge in [0, 0.05) is 5.02 Å². The molecule has 1 aromatic rings. The fourth-order valence-corrected chi connectivity index (χ4v) is 2.02. The molecular formula is C12H11ClN2O3S. The predicted octanol–water partition coefficient (Wildman–Crippen LogP) is 2.21. The van der Waals surface area contributed by atoms with Crippen LogP contribution in [-0.2, 0) is 9.53 Å². The van der Waals surface area contributed by atoms with E-state index in [0.29, 0.717) is 16.5 Å². The van der Waals surface area contributed by atoms with Gasteiger partial charge in [-0.25, -0.2) is 4.79 Å². The molecular weight excluding hydrogens is 288 g/mol. The minimum Gasteiger partial charge on any atom is -0.462 e. The summed E-state index contributed by atoms with van der Waals surface area (Å²) in [7, 11) is 0. The SMILES string of the molecule is CCOC(=O)C1=C(N)Oc2ccc(Cl)cc2NC1=S. The van der Waals surface area contributed by atoms with Crippen LogP contribution < -0.4 is 15.8 Å². The van der Waals surface area contributed by atoms with E-state index in [9.17, 15) is 4.79 Å². The first-order chi connectivity index (χ1) is 9.02. The van der Waals surface area contributed by atoms with Crippen LogP contribution in [-0.4, -0.2) is 17.6 Å². The molecule has 0 fully saturated rings. The van der Waals surface area contributed by atoms with Gasteiger partial charge < -0.3 is 20.5 Å². The quantitative estimate of drug-likeness (QED) is 0.644. The van der Waals surface area contributed by atoms with E-state index >= 15 is 0 Å². The Labute approximate surface area is 120 Å². The van der Waals surface area contributed by atoms with Gasteiger partial charge in [0.05, 0.1) is 12.3 Å². The average molecular weight is 299 g/mol. The number of esters is 1. The predicted molar refractivity (Wildman–Crippen MR) is 76.1 cm³/mol. The normalized spacial score (nSPS) is 14.1. The molecule has 0 bridgehead atoms. The third-order valence-corrected chi connectivity index (χ3v) is 2.90. The summed E-state index contributed by atoms with van der Waals surface area (Å²) in [4.78, 5) is 11.9. The number of nitrogens with two attached hydrogens (primary N) is 1. The van der Waals surface area contributed by atoms with Crippen molar-refractivity contribution in [3.63, 3.8) is 0 Å².